The van der Waals surface area contributed by atoms with E-state index in [0.29, 0.717) is 10.6 Å². The highest BCUT2D eigenvalue weighted by molar-refractivity contribution is 8.00. The van der Waals surface area contributed by atoms with Crippen molar-refractivity contribution in [2.45, 2.75) is 17.1 Å². The average molecular weight is 307 g/mol. The topological polar surface area (TPSA) is 26.3 Å². The first-order valence-corrected chi connectivity index (χ1v) is 7.46. The van der Waals surface area contributed by atoms with Crippen molar-refractivity contribution in [2.75, 3.05) is 7.11 Å². The fourth-order valence-electron chi connectivity index (χ4n) is 1.76. The van der Waals surface area contributed by atoms with E-state index in [9.17, 15) is 4.79 Å². The lowest BCUT2D eigenvalue weighted by molar-refractivity contribution is 0.0994. The van der Waals surface area contributed by atoms with E-state index in [1.165, 1.54) is 11.8 Å². The van der Waals surface area contributed by atoms with Gasteiger partial charge in [-0.05, 0) is 55.5 Å². The van der Waals surface area contributed by atoms with Gasteiger partial charge in [0, 0.05) is 15.5 Å². The zero-order valence-corrected chi connectivity index (χ0v) is 12.9. The molecule has 0 heterocycles. The molecule has 1 unspecified atom stereocenters. The predicted octanol–water partition coefficient (Wildman–Crippen LogP) is 4.71. The van der Waals surface area contributed by atoms with Crippen molar-refractivity contribution in [1.82, 2.24) is 0 Å². The molecule has 0 amide bonds. The summed E-state index contributed by atoms with van der Waals surface area (Å²) in [4.78, 5) is 13.3. The molecule has 0 aromatic heterocycles. The highest BCUT2D eigenvalue weighted by atomic mass is 35.5. The van der Waals surface area contributed by atoms with Crippen LogP contribution in [0.25, 0.3) is 0 Å². The highest BCUT2D eigenvalue weighted by Crippen LogP contribution is 2.27. The van der Waals surface area contributed by atoms with E-state index in [1.807, 2.05) is 31.2 Å². The van der Waals surface area contributed by atoms with Gasteiger partial charge in [0.1, 0.15) is 5.75 Å². The van der Waals surface area contributed by atoms with Crippen molar-refractivity contribution in [3.05, 3.63) is 59.1 Å². The fourth-order valence-corrected chi connectivity index (χ4v) is 2.83. The summed E-state index contributed by atoms with van der Waals surface area (Å²) in [7, 11) is 1.63. The summed E-state index contributed by atoms with van der Waals surface area (Å²) in [5.74, 6) is 0.911. The molecular formula is C16H15ClO2S. The lowest BCUT2D eigenvalue weighted by atomic mass is 10.1. The van der Waals surface area contributed by atoms with Gasteiger partial charge in [-0.25, -0.2) is 0 Å². The zero-order valence-electron chi connectivity index (χ0n) is 11.3. The Morgan fingerprint density at radius 1 is 1.10 bits per heavy atom. The Hall–Kier alpha value is -1.45. The molecule has 0 bridgehead atoms. The smallest absolute Gasteiger partial charge is 0.175 e. The molecule has 20 heavy (non-hydrogen) atoms. The van der Waals surface area contributed by atoms with Crippen LogP contribution in [-0.2, 0) is 0 Å². The van der Waals surface area contributed by atoms with Gasteiger partial charge in [0.05, 0.1) is 12.4 Å². The van der Waals surface area contributed by atoms with Crippen LogP contribution in [0.5, 0.6) is 5.75 Å². The molecule has 0 aliphatic carbocycles. The first-order chi connectivity index (χ1) is 9.60. The first kappa shape index (κ1) is 14.9. The van der Waals surface area contributed by atoms with Crippen molar-refractivity contribution in [3.8, 4) is 5.75 Å². The number of carbonyl (C=O) groups excluding carboxylic acids is 1. The highest BCUT2D eigenvalue weighted by Gasteiger charge is 2.16. The Morgan fingerprint density at radius 3 is 2.25 bits per heavy atom. The van der Waals surface area contributed by atoms with Gasteiger partial charge in [-0.1, -0.05) is 11.6 Å². The van der Waals surface area contributed by atoms with Gasteiger partial charge in [-0.15, -0.1) is 11.8 Å². The van der Waals surface area contributed by atoms with Gasteiger partial charge in [0.2, 0.25) is 0 Å². The van der Waals surface area contributed by atoms with Crippen LogP contribution in [0.4, 0.5) is 0 Å². The molecule has 0 radical (unpaired) electrons. The quantitative estimate of drug-likeness (QED) is 0.591. The Labute approximate surface area is 128 Å². The minimum absolute atomic E-state index is 0.0995. The predicted molar refractivity (Wildman–Crippen MR) is 84.1 cm³/mol. The molecule has 0 aliphatic heterocycles. The first-order valence-electron chi connectivity index (χ1n) is 6.20. The normalized spacial score (nSPS) is 11.9. The van der Waals surface area contributed by atoms with E-state index in [0.717, 1.165) is 10.6 Å². The molecule has 104 valence electrons. The van der Waals surface area contributed by atoms with E-state index in [2.05, 4.69) is 0 Å². The molecule has 0 spiro atoms. The molecule has 0 fully saturated rings. The van der Waals surface area contributed by atoms with Crippen LogP contribution >= 0.6 is 23.4 Å². The third-order valence-corrected chi connectivity index (χ3v) is 4.23. The van der Waals surface area contributed by atoms with E-state index in [-0.39, 0.29) is 11.0 Å². The van der Waals surface area contributed by atoms with Crippen LogP contribution in [0.1, 0.15) is 17.3 Å². The van der Waals surface area contributed by atoms with E-state index in [4.69, 9.17) is 16.3 Å². The summed E-state index contributed by atoms with van der Waals surface area (Å²) in [6, 6.07) is 14.7. The monoisotopic (exact) mass is 306 g/mol. The number of ketones is 1. The number of halogens is 1. The largest absolute Gasteiger partial charge is 0.497 e. The summed E-state index contributed by atoms with van der Waals surface area (Å²) in [6.45, 7) is 1.91. The second kappa shape index (κ2) is 6.82. The molecular weight excluding hydrogens is 292 g/mol. The van der Waals surface area contributed by atoms with Crippen molar-refractivity contribution in [1.29, 1.82) is 0 Å². The van der Waals surface area contributed by atoms with Crippen LogP contribution in [0.3, 0.4) is 0 Å². The van der Waals surface area contributed by atoms with Crippen molar-refractivity contribution in [2.24, 2.45) is 0 Å². The minimum Gasteiger partial charge on any atom is -0.497 e. The third kappa shape index (κ3) is 3.78. The maximum atomic E-state index is 12.3. The van der Waals surface area contributed by atoms with Gasteiger partial charge < -0.3 is 4.74 Å². The molecule has 2 rings (SSSR count). The van der Waals surface area contributed by atoms with Crippen LogP contribution in [0.2, 0.25) is 5.02 Å². The van der Waals surface area contributed by atoms with Gasteiger partial charge >= 0.3 is 0 Å². The van der Waals surface area contributed by atoms with Crippen LogP contribution in [0, 0.1) is 0 Å². The summed E-state index contributed by atoms with van der Waals surface area (Å²) in [5.41, 5.74) is 0.683. The second-order valence-corrected chi connectivity index (χ2v) is 6.16. The number of hydrogen-bond acceptors (Lipinski definition) is 3. The fraction of sp³-hybridized carbons (Fsp3) is 0.188. The van der Waals surface area contributed by atoms with Crippen LogP contribution < -0.4 is 4.74 Å². The molecule has 0 saturated carbocycles. The lowest BCUT2D eigenvalue weighted by Gasteiger charge is -2.11. The van der Waals surface area contributed by atoms with Crippen LogP contribution in [0.15, 0.2) is 53.4 Å². The molecule has 2 aromatic carbocycles. The lowest BCUT2D eigenvalue weighted by Crippen LogP contribution is -2.13. The summed E-state index contributed by atoms with van der Waals surface area (Å²) >= 11 is 7.36. The van der Waals surface area contributed by atoms with Gasteiger partial charge in [0.25, 0.3) is 0 Å². The molecule has 0 aliphatic rings. The SMILES string of the molecule is COc1ccc(SC(C)C(=O)c2ccc(Cl)cc2)cc1. The number of methoxy groups -OCH3 is 1. The Morgan fingerprint density at radius 2 is 1.70 bits per heavy atom. The molecule has 0 N–H and O–H groups in total. The van der Waals surface area contributed by atoms with E-state index < -0.39 is 0 Å². The number of Topliss-reactive ketones (excluding diaryl/α,β-unsaturated/α-hetero) is 1. The molecule has 2 aromatic rings. The molecule has 4 heteroatoms. The molecule has 0 saturated heterocycles. The number of thioether (sulfide) groups is 1. The maximum absolute atomic E-state index is 12.3. The second-order valence-electron chi connectivity index (χ2n) is 4.31. The number of hydrogen-bond donors (Lipinski definition) is 0. The number of carbonyl (C=O) groups is 1. The van der Waals surface area contributed by atoms with E-state index in [1.54, 1.807) is 31.4 Å². The van der Waals surface area contributed by atoms with Gasteiger partial charge in [0.15, 0.2) is 5.78 Å². The standard InChI is InChI=1S/C16H15ClO2S/c1-11(16(18)12-3-5-13(17)6-4-12)20-15-9-7-14(19-2)8-10-15/h3-11H,1-2H3. The number of benzene rings is 2. The van der Waals surface area contributed by atoms with E-state index >= 15 is 0 Å². The Kier molecular flexibility index (Phi) is 5.10. The Balaban J connectivity index is 2.04. The average Bonchev–Trinajstić information content (AvgIpc) is 2.48. The number of ether oxygens (including phenoxy) is 1. The number of rotatable bonds is 5. The molecule has 1 atom stereocenters. The summed E-state index contributed by atoms with van der Waals surface area (Å²) < 4.78 is 5.11. The van der Waals surface area contributed by atoms with Crippen molar-refractivity contribution >= 4 is 29.1 Å². The minimum atomic E-state index is -0.149. The summed E-state index contributed by atoms with van der Waals surface area (Å²) in [6.07, 6.45) is 0. The molecule has 2 nitrogen and oxygen atoms in total. The van der Waals surface area contributed by atoms with Crippen molar-refractivity contribution < 1.29 is 9.53 Å². The van der Waals surface area contributed by atoms with Crippen LogP contribution in [-0.4, -0.2) is 18.1 Å². The van der Waals surface area contributed by atoms with Gasteiger partial charge in [-0.3, -0.25) is 4.79 Å². The Bertz CT molecular complexity index is 578. The van der Waals surface area contributed by atoms with Crippen molar-refractivity contribution in [3.63, 3.8) is 0 Å². The van der Waals surface area contributed by atoms with Gasteiger partial charge in [-0.2, -0.15) is 0 Å². The maximum Gasteiger partial charge on any atom is 0.175 e. The third-order valence-electron chi connectivity index (χ3n) is 2.87. The zero-order chi connectivity index (χ0) is 14.5. The summed E-state index contributed by atoms with van der Waals surface area (Å²) in [5, 5.41) is 0.488.